The summed E-state index contributed by atoms with van der Waals surface area (Å²) in [7, 11) is 0. The van der Waals surface area contributed by atoms with Gasteiger partial charge in [-0.25, -0.2) is 0 Å². The zero-order valence-electron chi connectivity index (χ0n) is 13.9. The van der Waals surface area contributed by atoms with Crippen molar-refractivity contribution >= 4 is 0 Å². The molecule has 0 amide bonds. The first-order valence-corrected chi connectivity index (χ1v) is 8.88. The molecule has 3 heteroatoms. The summed E-state index contributed by atoms with van der Waals surface area (Å²) in [5.41, 5.74) is 1.75. The number of rotatable bonds is 5. The van der Waals surface area contributed by atoms with Crippen molar-refractivity contribution in [2.24, 2.45) is 11.8 Å². The van der Waals surface area contributed by atoms with Crippen LogP contribution in [0, 0.1) is 11.8 Å². The lowest BCUT2D eigenvalue weighted by Crippen LogP contribution is -2.52. The molecule has 2 fully saturated rings. The highest BCUT2D eigenvalue weighted by Crippen LogP contribution is 2.46. The van der Waals surface area contributed by atoms with Gasteiger partial charge < -0.3 is 5.32 Å². The van der Waals surface area contributed by atoms with E-state index >= 15 is 0 Å². The van der Waals surface area contributed by atoms with Crippen molar-refractivity contribution in [2.45, 2.75) is 83.8 Å². The molecule has 2 aliphatic carbocycles. The van der Waals surface area contributed by atoms with E-state index in [0.29, 0.717) is 11.6 Å². The Balaban J connectivity index is 1.64. The molecule has 0 saturated heterocycles. The minimum Gasteiger partial charge on any atom is -0.307 e. The van der Waals surface area contributed by atoms with Crippen LogP contribution in [0.25, 0.3) is 0 Å². The molecule has 1 aromatic rings. The number of aromatic nitrogens is 2. The molecule has 3 atom stereocenters. The molecule has 0 aromatic carbocycles. The van der Waals surface area contributed by atoms with Crippen molar-refractivity contribution in [1.82, 2.24) is 15.1 Å². The molecule has 2 bridgehead atoms. The lowest BCUT2D eigenvalue weighted by Gasteiger charge is -2.49. The highest BCUT2D eigenvalue weighted by molar-refractivity contribution is 5.07. The van der Waals surface area contributed by atoms with Gasteiger partial charge in [0, 0.05) is 29.9 Å². The molecular weight excluding hydrogens is 258 g/mol. The molecule has 1 N–H and O–H groups in total. The van der Waals surface area contributed by atoms with Crippen molar-refractivity contribution in [1.29, 1.82) is 0 Å². The molecule has 3 unspecified atom stereocenters. The van der Waals surface area contributed by atoms with Gasteiger partial charge in [0.1, 0.15) is 0 Å². The van der Waals surface area contributed by atoms with Crippen LogP contribution in [-0.4, -0.2) is 15.3 Å². The number of hydrogen-bond donors (Lipinski definition) is 1. The van der Waals surface area contributed by atoms with Gasteiger partial charge in [0.25, 0.3) is 0 Å². The Kier molecular flexibility index (Phi) is 4.39. The van der Waals surface area contributed by atoms with Crippen molar-refractivity contribution < 1.29 is 0 Å². The molecule has 2 saturated carbocycles. The maximum atomic E-state index is 4.46. The fourth-order valence-corrected chi connectivity index (χ4v) is 4.56. The van der Waals surface area contributed by atoms with Crippen LogP contribution in [0.2, 0.25) is 0 Å². The maximum absolute atomic E-state index is 4.46. The van der Waals surface area contributed by atoms with Crippen LogP contribution < -0.4 is 5.32 Å². The largest absolute Gasteiger partial charge is 0.307 e. The lowest BCUT2D eigenvalue weighted by molar-refractivity contribution is 0.0745. The van der Waals surface area contributed by atoms with Gasteiger partial charge in [0.2, 0.25) is 0 Å². The van der Waals surface area contributed by atoms with Crippen molar-refractivity contribution in [3.63, 3.8) is 0 Å². The third-order valence-electron chi connectivity index (χ3n) is 5.72. The molecule has 0 spiro atoms. The number of nitrogens with zero attached hydrogens (tertiary/aromatic N) is 2. The normalized spacial score (nSPS) is 32.6. The molecule has 1 heterocycles. The summed E-state index contributed by atoms with van der Waals surface area (Å²) in [5.74, 6) is 1.92. The number of hydrogen-bond acceptors (Lipinski definition) is 2. The summed E-state index contributed by atoms with van der Waals surface area (Å²) in [6.45, 7) is 7.71. The standard InChI is InChI=1S/C18H31N3/c1-4-15-8-16-6-5-7-18(9-15,10-16)19-11-17-12-20-21(13-17)14(2)3/h12-16,19H,4-11H2,1-3H3. The van der Waals surface area contributed by atoms with Gasteiger partial charge in [0.05, 0.1) is 6.20 Å². The highest BCUT2D eigenvalue weighted by Gasteiger charge is 2.42. The van der Waals surface area contributed by atoms with Crippen LogP contribution in [0.3, 0.4) is 0 Å². The predicted molar refractivity (Wildman–Crippen MR) is 87.2 cm³/mol. The van der Waals surface area contributed by atoms with Gasteiger partial charge >= 0.3 is 0 Å². The molecule has 21 heavy (non-hydrogen) atoms. The Morgan fingerprint density at radius 1 is 1.43 bits per heavy atom. The molecule has 3 nitrogen and oxygen atoms in total. The summed E-state index contributed by atoms with van der Waals surface area (Å²) in [5, 5.41) is 8.41. The van der Waals surface area contributed by atoms with Gasteiger partial charge in [-0.1, -0.05) is 26.2 Å². The molecule has 118 valence electrons. The van der Waals surface area contributed by atoms with Crippen LogP contribution in [0.5, 0.6) is 0 Å². The summed E-state index contributed by atoms with van der Waals surface area (Å²) in [6, 6.07) is 0.454. The summed E-state index contributed by atoms with van der Waals surface area (Å²) < 4.78 is 2.06. The maximum Gasteiger partial charge on any atom is 0.0534 e. The Bertz CT molecular complexity index is 465. The third kappa shape index (κ3) is 3.33. The molecule has 1 aromatic heterocycles. The zero-order chi connectivity index (χ0) is 14.9. The molecule has 3 rings (SSSR count). The van der Waals surface area contributed by atoms with E-state index in [2.05, 4.69) is 42.1 Å². The number of nitrogens with one attached hydrogen (secondary N) is 1. The minimum absolute atomic E-state index is 0.418. The van der Waals surface area contributed by atoms with E-state index in [9.17, 15) is 0 Å². The molecule has 0 radical (unpaired) electrons. The van der Waals surface area contributed by atoms with Gasteiger partial charge in [-0.05, 0) is 51.4 Å². The zero-order valence-corrected chi connectivity index (χ0v) is 13.9. The Hall–Kier alpha value is -0.830. The SMILES string of the molecule is CCC1CC2CCCC(NCc3cnn(C(C)C)c3)(C1)C2. The van der Waals surface area contributed by atoms with E-state index in [1.165, 1.54) is 50.5 Å². The van der Waals surface area contributed by atoms with Gasteiger partial charge in [-0.15, -0.1) is 0 Å². The minimum atomic E-state index is 0.418. The first-order valence-electron chi connectivity index (χ1n) is 8.88. The Morgan fingerprint density at radius 2 is 2.29 bits per heavy atom. The van der Waals surface area contributed by atoms with Crippen LogP contribution in [0.1, 0.15) is 77.3 Å². The second kappa shape index (κ2) is 6.12. The number of fused-ring (bicyclic) bond motifs is 2. The Labute approximate surface area is 129 Å². The third-order valence-corrected chi connectivity index (χ3v) is 5.72. The summed E-state index contributed by atoms with van der Waals surface area (Å²) in [4.78, 5) is 0. The first kappa shape index (κ1) is 15.1. The average Bonchev–Trinajstić information content (AvgIpc) is 2.94. The van der Waals surface area contributed by atoms with Crippen LogP contribution in [-0.2, 0) is 6.54 Å². The average molecular weight is 289 g/mol. The topological polar surface area (TPSA) is 29.9 Å². The van der Waals surface area contributed by atoms with E-state index in [4.69, 9.17) is 0 Å². The van der Waals surface area contributed by atoms with E-state index in [1.54, 1.807) is 0 Å². The van der Waals surface area contributed by atoms with Crippen LogP contribution in [0.4, 0.5) is 0 Å². The van der Waals surface area contributed by atoms with Gasteiger partial charge in [-0.3, -0.25) is 4.68 Å². The van der Waals surface area contributed by atoms with E-state index < -0.39 is 0 Å². The van der Waals surface area contributed by atoms with Crippen molar-refractivity contribution in [2.75, 3.05) is 0 Å². The van der Waals surface area contributed by atoms with E-state index in [1.807, 2.05) is 6.20 Å². The smallest absolute Gasteiger partial charge is 0.0534 e. The molecule has 0 aliphatic heterocycles. The fourth-order valence-electron chi connectivity index (χ4n) is 4.56. The van der Waals surface area contributed by atoms with E-state index in [-0.39, 0.29) is 0 Å². The van der Waals surface area contributed by atoms with E-state index in [0.717, 1.165) is 18.4 Å². The van der Waals surface area contributed by atoms with Crippen LogP contribution in [0.15, 0.2) is 12.4 Å². The highest BCUT2D eigenvalue weighted by atomic mass is 15.3. The second-order valence-electron chi connectivity index (χ2n) is 7.73. The van der Waals surface area contributed by atoms with Crippen molar-refractivity contribution in [3.05, 3.63) is 18.0 Å². The second-order valence-corrected chi connectivity index (χ2v) is 7.73. The summed E-state index contributed by atoms with van der Waals surface area (Å²) in [6.07, 6.45) is 14.1. The predicted octanol–water partition coefficient (Wildman–Crippen LogP) is 4.30. The quantitative estimate of drug-likeness (QED) is 0.875. The van der Waals surface area contributed by atoms with Crippen LogP contribution >= 0.6 is 0 Å². The van der Waals surface area contributed by atoms with Gasteiger partial charge in [0.15, 0.2) is 0 Å². The molecule has 2 aliphatic rings. The monoisotopic (exact) mass is 289 g/mol. The first-order chi connectivity index (χ1) is 10.1. The van der Waals surface area contributed by atoms with Gasteiger partial charge in [-0.2, -0.15) is 5.10 Å². The molecular formula is C18H31N3. The summed E-state index contributed by atoms with van der Waals surface area (Å²) >= 11 is 0. The lowest BCUT2D eigenvalue weighted by atomic mass is 9.63. The Morgan fingerprint density at radius 3 is 3.00 bits per heavy atom. The fraction of sp³-hybridized carbons (Fsp3) is 0.833. The van der Waals surface area contributed by atoms with Crippen molar-refractivity contribution in [3.8, 4) is 0 Å².